The lowest BCUT2D eigenvalue weighted by molar-refractivity contribution is 0.660. The highest BCUT2D eigenvalue weighted by Gasteiger charge is 2.38. The number of rotatable bonds is 5. The number of fused-ring (bicyclic) bond motifs is 8. The lowest BCUT2D eigenvalue weighted by atomic mass is 9.82. The smallest absolute Gasteiger partial charge is 0.0640 e. The number of thiophene rings is 1. The van der Waals surface area contributed by atoms with Gasteiger partial charge < -0.3 is 4.90 Å². The Balaban J connectivity index is 1.17. The minimum absolute atomic E-state index is 0.0914. The molecule has 0 spiro atoms. The maximum absolute atomic E-state index is 2.51. The van der Waals surface area contributed by atoms with Crippen molar-refractivity contribution in [2.45, 2.75) is 19.3 Å². The van der Waals surface area contributed by atoms with Gasteiger partial charge in [0, 0.05) is 32.1 Å². The molecule has 0 N–H and O–H groups in total. The van der Waals surface area contributed by atoms with Crippen LogP contribution in [0.15, 0.2) is 176 Å². The van der Waals surface area contributed by atoms with Crippen molar-refractivity contribution in [2.75, 3.05) is 4.90 Å². The molecule has 8 aromatic carbocycles. The fourth-order valence-electron chi connectivity index (χ4n) is 8.31. The summed E-state index contributed by atoms with van der Waals surface area (Å²) in [6.45, 7) is 4.73. The minimum Gasteiger partial charge on any atom is -0.308 e. The van der Waals surface area contributed by atoms with Crippen LogP contribution in [0.2, 0.25) is 0 Å². The van der Waals surface area contributed by atoms with Crippen LogP contribution in [0, 0.1) is 0 Å². The molecule has 0 radical (unpaired) electrons. The molecule has 0 saturated carbocycles. The van der Waals surface area contributed by atoms with Gasteiger partial charge >= 0.3 is 0 Å². The lowest BCUT2D eigenvalue weighted by Crippen LogP contribution is -2.16. The van der Waals surface area contributed by atoms with Gasteiger partial charge in [-0.3, -0.25) is 0 Å². The van der Waals surface area contributed by atoms with E-state index in [0.29, 0.717) is 0 Å². The van der Waals surface area contributed by atoms with Crippen LogP contribution in [0.1, 0.15) is 25.0 Å². The van der Waals surface area contributed by atoms with Gasteiger partial charge in [-0.1, -0.05) is 166 Å². The molecule has 0 bridgehead atoms. The highest BCUT2D eigenvalue weighted by molar-refractivity contribution is 7.27. The largest absolute Gasteiger partial charge is 0.308 e. The number of hydrogen-bond donors (Lipinski definition) is 0. The average molecular weight is 670 g/mol. The van der Waals surface area contributed by atoms with E-state index in [1.807, 2.05) is 11.3 Å². The van der Waals surface area contributed by atoms with E-state index in [9.17, 15) is 0 Å². The second-order valence-electron chi connectivity index (χ2n) is 14.1. The van der Waals surface area contributed by atoms with Crippen LogP contribution in [0.25, 0.3) is 64.3 Å². The fraction of sp³-hybridized carbons (Fsp3) is 0.0612. The summed E-state index contributed by atoms with van der Waals surface area (Å²) < 4.78 is 2.64. The van der Waals surface area contributed by atoms with Crippen molar-refractivity contribution >= 4 is 59.3 Å². The Morgan fingerprint density at radius 3 is 1.76 bits per heavy atom. The summed E-state index contributed by atoms with van der Waals surface area (Å²) in [5, 5.41) is 5.20. The van der Waals surface area contributed by atoms with E-state index in [-0.39, 0.29) is 5.41 Å². The Morgan fingerprint density at radius 1 is 0.412 bits per heavy atom. The maximum atomic E-state index is 2.51. The predicted octanol–water partition coefficient (Wildman–Crippen LogP) is 14.3. The van der Waals surface area contributed by atoms with Crippen LogP contribution >= 0.6 is 11.3 Å². The van der Waals surface area contributed by atoms with Gasteiger partial charge in [-0.15, -0.1) is 11.3 Å². The number of nitrogens with zero attached hydrogens (tertiary/aromatic N) is 1. The zero-order valence-electron chi connectivity index (χ0n) is 28.6. The Hall–Kier alpha value is -5.96. The molecule has 10 rings (SSSR count). The van der Waals surface area contributed by atoms with E-state index >= 15 is 0 Å². The van der Waals surface area contributed by atoms with E-state index < -0.39 is 0 Å². The molecule has 9 aromatic rings. The van der Waals surface area contributed by atoms with Crippen molar-refractivity contribution < 1.29 is 0 Å². The minimum atomic E-state index is -0.0914. The Morgan fingerprint density at radius 2 is 0.980 bits per heavy atom. The molecular formula is C49H35NS. The average Bonchev–Trinajstić information content (AvgIpc) is 3.69. The van der Waals surface area contributed by atoms with Gasteiger partial charge in [0.2, 0.25) is 0 Å². The zero-order valence-corrected chi connectivity index (χ0v) is 29.4. The second-order valence-corrected chi connectivity index (χ2v) is 15.1. The van der Waals surface area contributed by atoms with Crippen molar-refractivity contribution in [1.29, 1.82) is 0 Å². The van der Waals surface area contributed by atoms with Crippen molar-refractivity contribution in [3.05, 3.63) is 187 Å². The summed E-state index contributed by atoms with van der Waals surface area (Å²) in [5.74, 6) is 0. The summed E-state index contributed by atoms with van der Waals surface area (Å²) in [6, 6.07) is 64.7. The van der Waals surface area contributed by atoms with Crippen molar-refractivity contribution in [3.63, 3.8) is 0 Å². The van der Waals surface area contributed by atoms with Gasteiger partial charge in [0.05, 0.1) is 16.1 Å². The summed E-state index contributed by atoms with van der Waals surface area (Å²) in [6.07, 6.45) is 0. The Kier molecular flexibility index (Phi) is 6.78. The third-order valence-corrected chi connectivity index (χ3v) is 12.2. The monoisotopic (exact) mass is 669 g/mol. The first-order chi connectivity index (χ1) is 25.1. The maximum Gasteiger partial charge on any atom is 0.0640 e. The molecule has 0 atom stereocenters. The van der Waals surface area contributed by atoms with Crippen LogP contribution in [0.4, 0.5) is 17.1 Å². The van der Waals surface area contributed by atoms with Crippen LogP contribution in [0.3, 0.4) is 0 Å². The number of benzene rings is 8. The van der Waals surface area contributed by atoms with Gasteiger partial charge in [-0.2, -0.15) is 0 Å². The second kappa shape index (κ2) is 11.6. The summed E-state index contributed by atoms with van der Waals surface area (Å²) in [7, 11) is 0. The molecule has 0 amide bonds. The van der Waals surface area contributed by atoms with Crippen LogP contribution < -0.4 is 4.90 Å². The standard InChI is InChI=1S/C49H35NS/c1-49(2)42-18-9-8-16-41(42)46-43(49)19-11-20-44(46)50(37-29-26-35(27-30-37)34-24-22-33(23-25-34)32-12-4-3-5-13-32)45-21-10-17-39-40-31-28-36-14-6-7-15-38(36)47(40)51-48(39)45/h3-31H,1-2H3. The van der Waals surface area contributed by atoms with Crippen molar-refractivity contribution in [1.82, 2.24) is 0 Å². The van der Waals surface area contributed by atoms with E-state index in [2.05, 4.69) is 195 Å². The van der Waals surface area contributed by atoms with Gasteiger partial charge in [-0.25, -0.2) is 0 Å². The molecule has 0 unspecified atom stereocenters. The summed E-state index contributed by atoms with van der Waals surface area (Å²) in [5.41, 5.74) is 13.7. The third kappa shape index (κ3) is 4.67. The van der Waals surface area contributed by atoms with E-state index in [0.717, 1.165) is 5.69 Å². The first-order valence-corrected chi connectivity index (χ1v) is 18.5. The molecule has 51 heavy (non-hydrogen) atoms. The zero-order chi connectivity index (χ0) is 34.1. The van der Waals surface area contributed by atoms with Crippen molar-refractivity contribution in [2.24, 2.45) is 0 Å². The highest BCUT2D eigenvalue weighted by Crippen LogP contribution is 2.55. The normalized spacial score (nSPS) is 13.1. The molecule has 1 heterocycles. The van der Waals surface area contributed by atoms with Gasteiger partial charge in [0.25, 0.3) is 0 Å². The molecule has 0 saturated heterocycles. The van der Waals surface area contributed by atoms with Crippen LogP contribution in [-0.2, 0) is 5.41 Å². The SMILES string of the molecule is CC1(C)c2ccccc2-c2c(N(c3ccc(-c4ccc(-c5ccccc5)cc4)cc3)c3cccc4c3sc3c5ccccc5ccc43)cccc21. The molecule has 0 fully saturated rings. The van der Waals surface area contributed by atoms with Gasteiger partial charge in [-0.05, 0) is 74.0 Å². The van der Waals surface area contributed by atoms with E-state index in [1.165, 1.54) is 86.8 Å². The van der Waals surface area contributed by atoms with Crippen LogP contribution in [-0.4, -0.2) is 0 Å². The van der Waals surface area contributed by atoms with Gasteiger partial charge in [0.1, 0.15) is 0 Å². The Labute approximate surface area is 302 Å². The molecule has 242 valence electrons. The molecular weight excluding hydrogens is 635 g/mol. The van der Waals surface area contributed by atoms with Crippen molar-refractivity contribution in [3.8, 4) is 33.4 Å². The molecule has 1 aliphatic rings. The molecule has 1 aliphatic carbocycles. The lowest BCUT2D eigenvalue weighted by Gasteiger charge is -2.29. The first-order valence-electron chi connectivity index (χ1n) is 17.7. The number of hydrogen-bond acceptors (Lipinski definition) is 2. The molecule has 1 nitrogen and oxygen atoms in total. The quantitative estimate of drug-likeness (QED) is 0.176. The van der Waals surface area contributed by atoms with E-state index in [1.54, 1.807) is 0 Å². The topological polar surface area (TPSA) is 3.24 Å². The summed E-state index contributed by atoms with van der Waals surface area (Å²) >= 11 is 1.91. The number of anilines is 3. The highest BCUT2D eigenvalue weighted by atomic mass is 32.1. The first kappa shape index (κ1) is 29.9. The molecule has 1 aromatic heterocycles. The fourth-order valence-corrected chi connectivity index (χ4v) is 9.65. The van der Waals surface area contributed by atoms with Gasteiger partial charge in [0.15, 0.2) is 0 Å². The Bertz CT molecular complexity index is 2750. The predicted molar refractivity (Wildman–Crippen MR) is 220 cm³/mol. The molecule has 2 heteroatoms. The third-order valence-electron chi connectivity index (χ3n) is 10.9. The molecule has 0 aliphatic heterocycles. The van der Waals surface area contributed by atoms with E-state index in [4.69, 9.17) is 0 Å². The summed E-state index contributed by atoms with van der Waals surface area (Å²) in [4.78, 5) is 2.51. The van der Waals surface area contributed by atoms with Crippen LogP contribution in [0.5, 0.6) is 0 Å².